The molecule has 0 aromatic carbocycles. The van der Waals surface area contributed by atoms with Crippen LogP contribution in [0.3, 0.4) is 0 Å². The minimum absolute atomic E-state index is 0.0571. The molecule has 0 N–H and O–H groups in total. The number of hydrogen-bond acceptors (Lipinski definition) is 3. The van der Waals surface area contributed by atoms with E-state index in [0.717, 1.165) is 58.0 Å². The van der Waals surface area contributed by atoms with Crippen molar-refractivity contribution >= 4 is 11.7 Å². The summed E-state index contributed by atoms with van der Waals surface area (Å²) in [7, 11) is 0. The summed E-state index contributed by atoms with van der Waals surface area (Å²) in [5.41, 5.74) is 0. The van der Waals surface area contributed by atoms with Crippen LogP contribution < -0.4 is 0 Å². The molecule has 2 saturated carbocycles. The SMILES string of the molecule is N#CC1CCN(C(=O)C2CC3CCCC(C2)C3=O)CC1. The highest BCUT2D eigenvalue weighted by Crippen LogP contribution is 2.40. The van der Waals surface area contributed by atoms with Crippen LogP contribution in [0.15, 0.2) is 0 Å². The van der Waals surface area contributed by atoms with Crippen LogP contribution in [0, 0.1) is 35.0 Å². The molecule has 0 aromatic heterocycles. The Hall–Kier alpha value is -1.37. The summed E-state index contributed by atoms with van der Waals surface area (Å²) in [5, 5.41) is 8.91. The molecule has 3 aliphatic rings. The third-order valence-electron chi connectivity index (χ3n) is 5.39. The van der Waals surface area contributed by atoms with E-state index in [4.69, 9.17) is 5.26 Å². The summed E-state index contributed by atoms with van der Waals surface area (Å²) in [6.07, 6.45) is 6.26. The van der Waals surface area contributed by atoms with Crippen molar-refractivity contribution in [3.63, 3.8) is 0 Å². The van der Waals surface area contributed by atoms with Gasteiger partial charge in [-0.15, -0.1) is 0 Å². The number of Topliss-reactive ketones (excluding diaryl/α,β-unsaturated/α-hetero) is 1. The maximum absolute atomic E-state index is 12.6. The largest absolute Gasteiger partial charge is 0.342 e. The van der Waals surface area contributed by atoms with Crippen LogP contribution in [0.4, 0.5) is 0 Å². The van der Waals surface area contributed by atoms with Crippen molar-refractivity contribution in [1.82, 2.24) is 4.90 Å². The van der Waals surface area contributed by atoms with Crippen LogP contribution in [0.1, 0.15) is 44.9 Å². The molecule has 0 spiro atoms. The highest BCUT2D eigenvalue weighted by atomic mass is 16.2. The van der Waals surface area contributed by atoms with Gasteiger partial charge >= 0.3 is 0 Å². The normalized spacial score (nSPS) is 34.6. The molecule has 3 fully saturated rings. The van der Waals surface area contributed by atoms with E-state index in [1.165, 1.54) is 0 Å². The summed E-state index contributed by atoms with van der Waals surface area (Å²) in [5.74, 6) is 1.13. The second-order valence-electron chi connectivity index (χ2n) is 6.62. The van der Waals surface area contributed by atoms with Crippen molar-refractivity contribution < 1.29 is 9.59 Å². The summed E-state index contributed by atoms with van der Waals surface area (Å²) in [6, 6.07) is 2.30. The van der Waals surface area contributed by atoms with E-state index in [1.54, 1.807) is 0 Å². The standard InChI is InChI=1S/C16H22N2O2/c17-10-11-4-6-18(7-5-11)16(20)14-8-12-2-1-3-13(9-14)15(12)19/h11-14H,1-9H2. The lowest BCUT2D eigenvalue weighted by atomic mass is 9.67. The average molecular weight is 274 g/mol. The second kappa shape index (κ2) is 5.55. The van der Waals surface area contributed by atoms with Crippen molar-refractivity contribution in [3.8, 4) is 6.07 Å². The molecule has 1 heterocycles. The third kappa shape index (κ3) is 2.46. The third-order valence-corrected chi connectivity index (χ3v) is 5.39. The number of carbonyl (C=O) groups excluding carboxylic acids is 2. The van der Waals surface area contributed by atoms with Crippen LogP contribution in [-0.2, 0) is 9.59 Å². The maximum Gasteiger partial charge on any atom is 0.225 e. The minimum atomic E-state index is 0.0571. The first-order valence-corrected chi connectivity index (χ1v) is 7.91. The monoisotopic (exact) mass is 274 g/mol. The number of amides is 1. The van der Waals surface area contributed by atoms with Gasteiger partial charge in [-0.1, -0.05) is 6.42 Å². The first-order valence-electron chi connectivity index (χ1n) is 7.91. The average Bonchev–Trinajstić information content (AvgIpc) is 2.46. The number of carbonyl (C=O) groups is 2. The topological polar surface area (TPSA) is 61.2 Å². The number of fused-ring (bicyclic) bond motifs is 2. The molecule has 1 aliphatic heterocycles. The molecular weight excluding hydrogens is 252 g/mol. The van der Waals surface area contributed by atoms with E-state index in [0.29, 0.717) is 5.78 Å². The van der Waals surface area contributed by atoms with Crippen molar-refractivity contribution in [2.75, 3.05) is 13.1 Å². The summed E-state index contributed by atoms with van der Waals surface area (Å²) in [6.45, 7) is 1.44. The summed E-state index contributed by atoms with van der Waals surface area (Å²) < 4.78 is 0. The van der Waals surface area contributed by atoms with Gasteiger partial charge in [0.25, 0.3) is 0 Å². The van der Waals surface area contributed by atoms with Crippen LogP contribution in [0.25, 0.3) is 0 Å². The quantitative estimate of drug-likeness (QED) is 0.736. The summed E-state index contributed by atoms with van der Waals surface area (Å²) in [4.78, 5) is 26.6. The Labute approximate surface area is 120 Å². The molecule has 0 aromatic rings. The minimum Gasteiger partial charge on any atom is -0.342 e. The number of piperidine rings is 1. The first-order chi connectivity index (χ1) is 9.69. The molecule has 2 aliphatic carbocycles. The Kier molecular flexibility index (Phi) is 3.78. The molecule has 3 rings (SSSR count). The van der Waals surface area contributed by atoms with Gasteiger partial charge in [0.05, 0.1) is 6.07 Å². The number of nitriles is 1. The molecule has 1 amide bonds. The Morgan fingerprint density at radius 2 is 1.70 bits per heavy atom. The van der Waals surface area contributed by atoms with Crippen LogP contribution in [0.5, 0.6) is 0 Å². The molecule has 1 saturated heterocycles. The molecule has 4 nitrogen and oxygen atoms in total. The maximum atomic E-state index is 12.6. The molecule has 0 radical (unpaired) electrons. The predicted octanol–water partition coefficient (Wildman–Crippen LogP) is 2.14. The molecule has 2 bridgehead atoms. The number of ketones is 1. The summed E-state index contributed by atoms with van der Waals surface area (Å²) >= 11 is 0. The molecule has 2 atom stereocenters. The lowest BCUT2D eigenvalue weighted by molar-refractivity contribution is -0.144. The van der Waals surface area contributed by atoms with Crippen molar-refractivity contribution in [3.05, 3.63) is 0 Å². The number of hydrogen-bond donors (Lipinski definition) is 0. The van der Waals surface area contributed by atoms with E-state index >= 15 is 0 Å². The van der Waals surface area contributed by atoms with Gasteiger partial charge in [0, 0.05) is 36.8 Å². The Morgan fingerprint density at radius 3 is 2.25 bits per heavy atom. The van der Waals surface area contributed by atoms with Gasteiger partial charge < -0.3 is 4.90 Å². The van der Waals surface area contributed by atoms with E-state index in [-0.39, 0.29) is 29.6 Å². The highest BCUT2D eigenvalue weighted by molar-refractivity contribution is 5.88. The number of rotatable bonds is 1. The van der Waals surface area contributed by atoms with Crippen LogP contribution in [0.2, 0.25) is 0 Å². The zero-order valence-corrected chi connectivity index (χ0v) is 11.9. The van der Waals surface area contributed by atoms with E-state index in [9.17, 15) is 9.59 Å². The number of nitrogens with zero attached hydrogens (tertiary/aromatic N) is 2. The lowest BCUT2D eigenvalue weighted by Crippen LogP contribution is -2.46. The van der Waals surface area contributed by atoms with E-state index < -0.39 is 0 Å². The predicted molar refractivity (Wildman–Crippen MR) is 73.5 cm³/mol. The fourth-order valence-electron chi connectivity index (χ4n) is 4.17. The highest BCUT2D eigenvalue weighted by Gasteiger charge is 2.42. The molecular formula is C16H22N2O2. The zero-order chi connectivity index (χ0) is 14.1. The lowest BCUT2D eigenvalue weighted by Gasteiger charge is -2.40. The van der Waals surface area contributed by atoms with Gasteiger partial charge in [-0.2, -0.15) is 5.26 Å². The van der Waals surface area contributed by atoms with Crippen molar-refractivity contribution in [1.29, 1.82) is 5.26 Å². The smallest absolute Gasteiger partial charge is 0.225 e. The Bertz CT molecular complexity index is 430. The van der Waals surface area contributed by atoms with Crippen molar-refractivity contribution in [2.24, 2.45) is 23.7 Å². The first kappa shape index (κ1) is 13.6. The number of likely N-dealkylation sites (tertiary alicyclic amines) is 1. The fourth-order valence-corrected chi connectivity index (χ4v) is 4.17. The Morgan fingerprint density at radius 1 is 1.10 bits per heavy atom. The van der Waals surface area contributed by atoms with Crippen LogP contribution >= 0.6 is 0 Å². The second-order valence-corrected chi connectivity index (χ2v) is 6.62. The van der Waals surface area contributed by atoms with Gasteiger partial charge in [-0.25, -0.2) is 0 Å². The van der Waals surface area contributed by atoms with E-state index in [2.05, 4.69) is 6.07 Å². The molecule has 4 heteroatoms. The molecule has 108 valence electrons. The van der Waals surface area contributed by atoms with Gasteiger partial charge in [-0.3, -0.25) is 9.59 Å². The fraction of sp³-hybridized carbons (Fsp3) is 0.812. The van der Waals surface area contributed by atoms with Gasteiger partial charge in [0.2, 0.25) is 5.91 Å². The van der Waals surface area contributed by atoms with Crippen molar-refractivity contribution in [2.45, 2.75) is 44.9 Å². The van der Waals surface area contributed by atoms with Crippen LogP contribution in [-0.4, -0.2) is 29.7 Å². The van der Waals surface area contributed by atoms with E-state index in [1.807, 2.05) is 4.90 Å². The van der Waals surface area contributed by atoms with Gasteiger partial charge in [-0.05, 0) is 38.5 Å². The molecule has 20 heavy (non-hydrogen) atoms. The Balaban J connectivity index is 1.61. The van der Waals surface area contributed by atoms with Gasteiger partial charge in [0.15, 0.2) is 0 Å². The zero-order valence-electron chi connectivity index (χ0n) is 11.9. The van der Waals surface area contributed by atoms with Gasteiger partial charge in [0.1, 0.15) is 5.78 Å². The molecule has 2 unspecified atom stereocenters.